The number of benzene rings is 2. The molecule has 0 aliphatic carbocycles. The molecule has 0 atom stereocenters. The topological polar surface area (TPSA) is 93.5 Å². The molecule has 0 bridgehead atoms. The third-order valence-corrected chi connectivity index (χ3v) is 3.57. The molecule has 7 nitrogen and oxygen atoms in total. The summed E-state index contributed by atoms with van der Waals surface area (Å²) in [5.41, 5.74) is 1.18. The fraction of sp³-hybridized carbons (Fsp3) is 0.188. The molecule has 0 unspecified atom stereocenters. The van der Waals surface area contributed by atoms with Crippen molar-refractivity contribution in [1.29, 1.82) is 0 Å². The number of amides is 1. The molecule has 0 saturated carbocycles. The number of nitro benzene ring substituents is 1. The highest BCUT2D eigenvalue weighted by atomic mass is 35.5. The van der Waals surface area contributed by atoms with Crippen molar-refractivity contribution < 1.29 is 14.5 Å². The molecule has 1 amide bonds. The lowest BCUT2D eigenvalue weighted by Gasteiger charge is -2.10. The number of carbonyl (C=O) groups excluding carboxylic acids is 1. The maximum Gasteiger partial charge on any atom is 0.411 e. The van der Waals surface area contributed by atoms with E-state index in [2.05, 4.69) is 10.6 Å². The Hall–Kier alpha value is -2.51. The standard InChI is InChI=1S/C16H15Cl2N3O4/c1-2-25-16(22)20-14-4-3-10(5-15(14)21(23)24)9-19-13-7-11(17)6-12(18)8-13/h3-8,19H,2,9H2,1H3,(H,20,22). The minimum atomic E-state index is -0.745. The number of carbonyl (C=O) groups is 1. The first-order valence-electron chi connectivity index (χ1n) is 7.30. The van der Waals surface area contributed by atoms with Gasteiger partial charge in [0.25, 0.3) is 5.69 Å². The highest BCUT2D eigenvalue weighted by Gasteiger charge is 2.17. The van der Waals surface area contributed by atoms with E-state index in [1.54, 1.807) is 31.2 Å². The van der Waals surface area contributed by atoms with Gasteiger partial charge in [-0.25, -0.2) is 4.79 Å². The second-order valence-electron chi connectivity index (χ2n) is 4.97. The zero-order chi connectivity index (χ0) is 18.4. The molecule has 0 aliphatic rings. The van der Waals surface area contributed by atoms with Gasteiger partial charge in [-0.3, -0.25) is 15.4 Å². The average molecular weight is 384 g/mol. The van der Waals surface area contributed by atoms with Gasteiger partial charge in [0, 0.05) is 28.3 Å². The van der Waals surface area contributed by atoms with Gasteiger partial charge in [0.1, 0.15) is 5.69 Å². The second kappa shape index (κ2) is 8.55. The van der Waals surface area contributed by atoms with E-state index >= 15 is 0 Å². The third-order valence-electron chi connectivity index (χ3n) is 3.13. The summed E-state index contributed by atoms with van der Waals surface area (Å²) in [6, 6.07) is 9.48. The lowest BCUT2D eigenvalue weighted by Crippen LogP contribution is -2.14. The summed E-state index contributed by atoms with van der Waals surface area (Å²) in [6.07, 6.45) is -0.745. The molecule has 2 aromatic rings. The van der Waals surface area contributed by atoms with Crippen LogP contribution in [0.3, 0.4) is 0 Å². The number of halogens is 2. The normalized spacial score (nSPS) is 10.2. The van der Waals surface area contributed by atoms with Gasteiger partial charge in [-0.1, -0.05) is 29.3 Å². The number of anilines is 2. The Kier molecular flexibility index (Phi) is 6.44. The van der Waals surface area contributed by atoms with Gasteiger partial charge in [-0.2, -0.15) is 0 Å². The summed E-state index contributed by atoms with van der Waals surface area (Å²) in [4.78, 5) is 22.1. The van der Waals surface area contributed by atoms with E-state index in [0.717, 1.165) is 0 Å². The van der Waals surface area contributed by atoms with Crippen LogP contribution in [0.1, 0.15) is 12.5 Å². The summed E-state index contributed by atoms with van der Waals surface area (Å²) in [5.74, 6) is 0. The van der Waals surface area contributed by atoms with Crippen LogP contribution in [0.2, 0.25) is 10.0 Å². The van der Waals surface area contributed by atoms with E-state index in [1.807, 2.05) is 0 Å². The van der Waals surface area contributed by atoms with Crippen molar-refractivity contribution >= 4 is 46.4 Å². The van der Waals surface area contributed by atoms with Crippen LogP contribution in [0, 0.1) is 10.1 Å². The van der Waals surface area contributed by atoms with E-state index in [9.17, 15) is 14.9 Å². The molecule has 9 heteroatoms. The fourth-order valence-electron chi connectivity index (χ4n) is 2.08. The van der Waals surface area contributed by atoms with Crippen LogP contribution in [0.15, 0.2) is 36.4 Å². The molecule has 0 aliphatic heterocycles. The molecule has 2 N–H and O–H groups in total. The molecule has 0 fully saturated rings. The van der Waals surface area contributed by atoms with E-state index in [0.29, 0.717) is 27.8 Å². The Morgan fingerprint density at radius 1 is 1.20 bits per heavy atom. The quantitative estimate of drug-likeness (QED) is 0.535. The summed E-state index contributed by atoms with van der Waals surface area (Å²) < 4.78 is 4.73. The van der Waals surface area contributed by atoms with Crippen molar-refractivity contribution in [1.82, 2.24) is 0 Å². The Labute approximate surface area is 154 Å². The number of rotatable bonds is 6. The van der Waals surface area contributed by atoms with Gasteiger partial charge < -0.3 is 10.1 Å². The number of nitro groups is 1. The van der Waals surface area contributed by atoms with Crippen LogP contribution in [0.4, 0.5) is 21.9 Å². The van der Waals surface area contributed by atoms with Crippen LogP contribution in [0.5, 0.6) is 0 Å². The van der Waals surface area contributed by atoms with Gasteiger partial charge in [0.15, 0.2) is 0 Å². The minimum Gasteiger partial charge on any atom is -0.450 e. The second-order valence-corrected chi connectivity index (χ2v) is 5.84. The number of nitrogens with one attached hydrogen (secondary N) is 2. The first-order valence-corrected chi connectivity index (χ1v) is 8.05. The Balaban J connectivity index is 2.15. The van der Waals surface area contributed by atoms with Crippen LogP contribution < -0.4 is 10.6 Å². The molecule has 2 rings (SSSR count). The lowest BCUT2D eigenvalue weighted by atomic mass is 10.1. The molecule has 25 heavy (non-hydrogen) atoms. The van der Waals surface area contributed by atoms with Crippen LogP contribution in [0.25, 0.3) is 0 Å². The van der Waals surface area contributed by atoms with Gasteiger partial charge in [-0.15, -0.1) is 0 Å². The predicted molar refractivity (Wildman–Crippen MR) is 97.5 cm³/mol. The van der Waals surface area contributed by atoms with Crippen LogP contribution >= 0.6 is 23.2 Å². The molecule has 0 heterocycles. The predicted octanol–water partition coefficient (Wildman–Crippen LogP) is 5.08. The largest absolute Gasteiger partial charge is 0.450 e. The molecule has 0 radical (unpaired) electrons. The summed E-state index contributed by atoms with van der Waals surface area (Å²) in [7, 11) is 0. The first kappa shape index (κ1) is 18.8. The van der Waals surface area contributed by atoms with Gasteiger partial charge in [0.05, 0.1) is 11.5 Å². The van der Waals surface area contributed by atoms with Crippen molar-refractivity contribution in [3.63, 3.8) is 0 Å². The van der Waals surface area contributed by atoms with E-state index in [-0.39, 0.29) is 18.0 Å². The smallest absolute Gasteiger partial charge is 0.411 e. The number of nitrogens with zero attached hydrogens (tertiary/aromatic N) is 1. The third kappa shape index (κ3) is 5.51. The highest BCUT2D eigenvalue weighted by molar-refractivity contribution is 6.35. The van der Waals surface area contributed by atoms with Crippen molar-refractivity contribution in [3.8, 4) is 0 Å². The Bertz CT molecular complexity index is 779. The van der Waals surface area contributed by atoms with E-state index < -0.39 is 11.0 Å². The van der Waals surface area contributed by atoms with Crippen LogP contribution in [-0.2, 0) is 11.3 Å². The number of ether oxygens (including phenoxy) is 1. The lowest BCUT2D eigenvalue weighted by molar-refractivity contribution is -0.384. The number of hydrogen-bond acceptors (Lipinski definition) is 5. The molecular formula is C16H15Cl2N3O4. The Morgan fingerprint density at radius 3 is 2.48 bits per heavy atom. The van der Waals surface area contributed by atoms with Crippen LogP contribution in [-0.4, -0.2) is 17.6 Å². The van der Waals surface area contributed by atoms with E-state index in [1.165, 1.54) is 12.1 Å². The maximum absolute atomic E-state index is 11.5. The molecular weight excluding hydrogens is 369 g/mol. The van der Waals surface area contributed by atoms with Crippen molar-refractivity contribution in [2.45, 2.75) is 13.5 Å². The van der Waals surface area contributed by atoms with Gasteiger partial charge >= 0.3 is 6.09 Å². The molecule has 0 spiro atoms. The van der Waals surface area contributed by atoms with Crippen molar-refractivity contribution in [2.75, 3.05) is 17.2 Å². The molecule has 132 valence electrons. The number of hydrogen-bond donors (Lipinski definition) is 2. The highest BCUT2D eigenvalue weighted by Crippen LogP contribution is 2.27. The summed E-state index contributed by atoms with van der Waals surface area (Å²) in [5, 5.41) is 17.6. The monoisotopic (exact) mass is 383 g/mol. The van der Waals surface area contributed by atoms with Gasteiger partial charge in [0.2, 0.25) is 0 Å². The van der Waals surface area contributed by atoms with Crippen molar-refractivity contribution in [2.24, 2.45) is 0 Å². The Morgan fingerprint density at radius 2 is 1.88 bits per heavy atom. The van der Waals surface area contributed by atoms with Gasteiger partial charge in [-0.05, 0) is 36.8 Å². The summed E-state index contributed by atoms with van der Waals surface area (Å²) in [6.45, 7) is 2.13. The molecule has 0 saturated heterocycles. The summed E-state index contributed by atoms with van der Waals surface area (Å²) >= 11 is 11.9. The minimum absolute atomic E-state index is 0.0676. The molecule has 0 aromatic heterocycles. The zero-order valence-corrected chi connectivity index (χ0v) is 14.7. The SMILES string of the molecule is CCOC(=O)Nc1ccc(CNc2cc(Cl)cc(Cl)c2)cc1[N+](=O)[O-]. The zero-order valence-electron chi connectivity index (χ0n) is 13.2. The average Bonchev–Trinajstić information content (AvgIpc) is 2.53. The van der Waals surface area contributed by atoms with E-state index in [4.69, 9.17) is 27.9 Å². The van der Waals surface area contributed by atoms with Crippen molar-refractivity contribution in [3.05, 3.63) is 62.1 Å². The fourth-order valence-corrected chi connectivity index (χ4v) is 2.61. The maximum atomic E-state index is 11.5. The first-order chi connectivity index (χ1) is 11.9. The molecule has 2 aromatic carbocycles.